The Balaban J connectivity index is 2.03. The van der Waals surface area contributed by atoms with Gasteiger partial charge in [-0.05, 0) is 17.9 Å². The third-order valence-corrected chi connectivity index (χ3v) is 3.76. The molecule has 0 unspecified atom stereocenters. The van der Waals surface area contributed by atoms with Crippen LogP contribution in [-0.4, -0.2) is 11.7 Å². The molecule has 1 aromatic heterocycles. The van der Waals surface area contributed by atoms with Gasteiger partial charge in [-0.2, -0.15) is 5.10 Å². The molecule has 0 saturated heterocycles. The normalized spacial score (nSPS) is 18.0. The van der Waals surface area contributed by atoms with Crippen molar-refractivity contribution in [1.29, 1.82) is 0 Å². The molecule has 0 saturated carbocycles. The standard InChI is InChI=1S/C17H19N3O2/c1-17(2)9-13(19-20-16(18)21)12-8-14(22-15(12)10-17)11-6-4-3-5-7-11/h3-8H,9-10H2,1-2H3,(H3,18,20,21)/b19-13+. The lowest BCUT2D eigenvalue weighted by molar-refractivity contribution is 0.249. The fourth-order valence-corrected chi connectivity index (χ4v) is 2.82. The van der Waals surface area contributed by atoms with Gasteiger partial charge in [0, 0.05) is 17.5 Å². The molecule has 0 fully saturated rings. The number of carbonyl (C=O) groups is 1. The number of hydrogen-bond donors (Lipinski definition) is 2. The first kappa shape index (κ1) is 14.4. The Morgan fingerprint density at radius 3 is 2.68 bits per heavy atom. The number of hydrogen-bond acceptors (Lipinski definition) is 3. The largest absolute Gasteiger partial charge is 0.460 e. The minimum atomic E-state index is -0.663. The summed E-state index contributed by atoms with van der Waals surface area (Å²) in [5.74, 6) is 1.72. The first-order chi connectivity index (χ1) is 10.4. The summed E-state index contributed by atoms with van der Waals surface area (Å²) in [5.41, 5.74) is 10.2. The van der Waals surface area contributed by atoms with Crippen molar-refractivity contribution in [1.82, 2.24) is 5.43 Å². The predicted molar refractivity (Wildman–Crippen MR) is 85.5 cm³/mol. The van der Waals surface area contributed by atoms with Gasteiger partial charge in [0.15, 0.2) is 0 Å². The quantitative estimate of drug-likeness (QED) is 0.834. The Bertz CT molecular complexity index is 730. The molecular weight excluding hydrogens is 278 g/mol. The average molecular weight is 297 g/mol. The average Bonchev–Trinajstić information content (AvgIpc) is 2.88. The second-order valence-corrected chi connectivity index (χ2v) is 6.37. The van der Waals surface area contributed by atoms with E-state index in [1.54, 1.807) is 0 Å². The molecule has 22 heavy (non-hydrogen) atoms. The number of urea groups is 1. The zero-order valence-corrected chi connectivity index (χ0v) is 12.7. The van der Waals surface area contributed by atoms with E-state index in [1.807, 2.05) is 36.4 Å². The van der Waals surface area contributed by atoms with Gasteiger partial charge in [0.05, 0.1) is 5.71 Å². The van der Waals surface area contributed by atoms with Gasteiger partial charge >= 0.3 is 6.03 Å². The maximum Gasteiger partial charge on any atom is 0.332 e. The molecule has 3 N–H and O–H groups in total. The molecule has 1 heterocycles. The van der Waals surface area contributed by atoms with E-state index in [4.69, 9.17) is 10.2 Å². The van der Waals surface area contributed by atoms with E-state index in [0.29, 0.717) is 0 Å². The number of nitrogens with two attached hydrogens (primary N) is 1. The number of amides is 2. The molecule has 1 aromatic carbocycles. The molecule has 5 nitrogen and oxygen atoms in total. The number of nitrogens with zero attached hydrogens (tertiary/aromatic N) is 1. The van der Waals surface area contributed by atoms with E-state index in [9.17, 15) is 4.79 Å². The number of carbonyl (C=O) groups excluding carboxylic acids is 1. The fraction of sp³-hybridized carbons (Fsp3) is 0.294. The van der Waals surface area contributed by atoms with Gasteiger partial charge < -0.3 is 10.2 Å². The lowest BCUT2D eigenvalue weighted by Gasteiger charge is -2.29. The highest BCUT2D eigenvalue weighted by Crippen LogP contribution is 2.38. The van der Waals surface area contributed by atoms with Crippen LogP contribution in [0.2, 0.25) is 0 Å². The number of benzene rings is 1. The molecule has 1 aliphatic rings. The molecular formula is C17H19N3O2. The van der Waals surface area contributed by atoms with E-state index in [-0.39, 0.29) is 5.41 Å². The van der Waals surface area contributed by atoms with Gasteiger partial charge in [0.2, 0.25) is 0 Å². The summed E-state index contributed by atoms with van der Waals surface area (Å²) in [6.07, 6.45) is 1.60. The van der Waals surface area contributed by atoms with E-state index < -0.39 is 6.03 Å². The number of hydrazone groups is 1. The summed E-state index contributed by atoms with van der Waals surface area (Å²) in [4.78, 5) is 10.9. The topological polar surface area (TPSA) is 80.6 Å². The van der Waals surface area contributed by atoms with Crippen molar-refractivity contribution in [2.45, 2.75) is 26.7 Å². The zero-order valence-electron chi connectivity index (χ0n) is 12.7. The van der Waals surface area contributed by atoms with Crippen LogP contribution in [0.4, 0.5) is 4.79 Å². The minimum absolute atomic E-state index is 0.0248. The van der Waals surface area contributed by atoms with Crippen molar-refractivity contribution in [2.24, 2.45) is 16.3 Å². The van der Waals surface area contributed by atoms with Gasteiger partial charge in [-0.3, -0.25) is 0 Å². The predicted octanol–water partition coefficient (Wildman–Crippen LogP) is 3.29. The fourth-order valence-electron chi connectivity index (χ4n) is 2.82. The molecule has 0 radical (unpaired) electrons. The molecule has 0 atom stereocenters. The van der Waals surface area contributed by atoms with Crippen LogP contribution >= 0.6 is 0 Å². The van der Waals surface area contributed by atoms with Crippen molar-refractivity contribution in [2.75, 3.05) is 0 Å². The van der Waals surface area contributed by atoms with Crippen molar-refractivity contribution in [3.8, 4) is 11.3 Å². The lowest BCUT2D eigenvalue weighted by atomic mass is 9.76. The van der Waals surface area contributed by atoms with E-state index >= 15 is 0 Å². The van der Waals surface area contributed by atoms with Crippen molar-refractivity contribution in [3.05, 3.63) is 47.7 Å². The lowest BCUT2D eigenvalue weighted by Crippen LogP contribution is -2.31. The Morgan fingerprint density at radius 2 is 2.00 bits per heavy atom. The minimum Gasteiger partial charge on any atom is -0.460 e. The monoisotopic (exact) mass is 297 g/mol. The van der Waals surface area contributed by atoms with Crippen molar-refractivity contribution >= 4 is 11.7 Å². The van der Waals surface area contributed by atoms with E-state index in [2.05, 4.69) is 24.4 Å². The van der Waals surface area contributed by atoms with Gasteiger partial charge in [-0.15, -0.1) is 0 Å². The first-order valence-corrected chi connectivity index (χ1v) is 7.25. The summed E-state index contributed by atoms with van der Waals surface area (Å²) in [5, 5.41) is 4.16. The van der Waals surface area contributed by atoms with Crippen LogP contribution in [0.5, 0.6) is 0 Å². The van der Waals surface area contributed by atoms with Gasteiger partial charge in [0.25, 0.3) is 0 Å². The number of nitrogens with one attached hydrogen (secondary N) is 1. The maximum absolute atomic E-state index is 10.9. The molecule has 0 aliphatic heterocycles. The highest BCUT2D eigenvalue weighted by molar-refractivity contribution is 6.04. The third kappa shape index (κ3) is 2.88. The SMILES string of the molecule is CC1(C)C/C(=N\NC(N)=O)c2cc(-c3ccccc3)oc2C1. The van der Waals surface area contributed by atoms with Gasteiger partial charge in [-0.25, -0.2) is 10.2 Å². The number of fused-ring (bicyclic) bond motifs is 1. The van der Waals surface area contributed by atoms with Crippen molar-refractivity contribution in [3.63, 3.8) is 0 Å². The smallest absolute Gasteiger partial charge is 0.332 e. The summed E-state index contributed by atoms with van der Waals surface area (Å²) in [7, 11) is 0. The highest BCUT2D eigenvalue weighted by atomic mass is 16.3. The molecule has 114 valence electrons. The summed E-state index contributed by atoms with van der Waals surface area (Å²) >= 11 is 0. The summed E-state index contributed by atoms with van der Waals surface area (Å²) < 4.78 is 6.04. The molecule has 2 aromatic rings. The molecule has 3 rings (SSSR count). The zero-order chi connectivity index (χ0) is 15.7. The van der Waals surface area contributed by atoms with Crippen LogP contribution in [0, 0.1) is 5.41 Å². The Morgan fingerprint density at radius 1 is 1.27 bits per heavy atom. The van der Waals surface area contributed by atoms with Crippen LogP contribution in [0.25, 0.3) is 11.3 Å². The molecule has 1 aliphatic carbocycles. The summed E-state index contributed by atoms with van der Waals surface area (Å²) in [6.45, 7) is 4.31. The molecule has 5 heteroatoms. The van der Waals surface area contributed by atoms with Crippen LogP contribution < -0.4 is 11.2 Å². The number of rotatable bonds is 2. The van der Waals surface area contributed by atoms with E-state index in [0.717, 1.165) is 41.2 Å². The second-order valence-electron chi connectivity index (χ2n) is 6.37. The van der Waals surface area contributed by atoms with Crippen LogP contribution in [0.3, 0.4) is 0 Å². The molecule has 2 amide bonds. The maximum atomic E-state index is 10.9. The Kier molecular flexibility index (Phi) is 3.48. The summed E-state index contributed by atoms with van der Waals surface area (Å²) in [6, 6.07) is 11.3. The van der Waals surface area contributed by atoms with E-state index in [1.165, 1.54) is 0 Å². The van der Waals surface area contributed by atoms with Gasteiger partial charge in [-0.1, -0.05) is 44.2 Å². The Labute approximate surface area is 129 Å². The van der Waals surface area contributed by atoms with Crippen LogP contribution in [0.1, 0.15) is 31.6 Å². The molecule has 0 bridgehead atoms. The first-order valence-electron chi connectivity index (χ1n) is 7.25. The van der Waals surface area contributed by atoms with Gasteiger partial charge in [0.1, 0.15) is 11.5 Å². The Hall–Kier alpha value is -2.56. The van der Waals surface area contributed by atoms with Crippen LogP contribution in [0.15, 0.2) is 45.9 Å². The second kappa shape index (κ2) is 5.33. The number of primary amides is 1. The molecule has 0 spiro atoms. The highest BCUT2D eigenvalue weighted by Gasteiger charge is 2.33. The van der Waals surface area contributed by atoms with Crippen LogP contribution in [-0.2, 0) is 6.42 Å². The number of furan rings is 1. The third-order valence-electron chi connectivity index (χ3n) is 3.76. The van der Waals surface area contributed by atoms with Crippen molar-refractivity contribution < 1.29 is 9.21 Å².